The van der Waals surface area contributed by atoms with E-state index in [4.69, 9.17) is 0 Å². The Hall–Kier alpha value is -1.21. The molecule has 0 aliphatic heterocycles. The minimum absolute atomic E-state index is 0.365. The molecule has 0 aromatic rings. The number of unbranched alkanes of at least 4 members (excludes halogenated alkanes) is 52. The first-order chi connectivity index (χ1) is 37.5. The molecule has 0 rings (SSSR count). The van der Waals surface area contributed by atoms with Gasteiger partial charge in [-0.3, -0.25) is 4.79 Å². The highest BCUT2D eigenvalue weighted by Gasteiger charge is 2.28. The second-order valence-electron chi connectivity index (χ2n) is 24.2. The predicted molar refractivity (Wildman–Crippen MR) is 334 cm³/mol. The average Bonchev–Trinajstić information content (AvgIpc) is 3.42. The topological polar surface area (TPSA) is 110 Å². The first-order valence-corrected chi connectivity index (χ1v) is 34.7. The summed E-state index contributed by atoms with van der Waals surface area (Å²) in [7, 11) is 0. The van der Waals surface area contributed by atoms with Gasteiger partial charge in [0.05, 0.1) is 18.8 Å². The minimum Gasteiger partial charge on any atom is -0.394 e. The Balaban J connectivity index is 3.58. The van der Waals surface area contributed by atoms with Crippen molar-refractivity contribution in [2.45, 2.75) is 411 Å². The Kier molecular flexibility index (Phi) is 63.6. The van der Waals surface area contributed by atoms with Crippen LogP contribution in [0.2, 0.25) is 0 Å². The Morgan fingerprint density at radius 3 is 0.829 bits per heavy atom. The number of hydrogen-bond acceptors (Lipinski definition) is 5. The number of hydrogen-bond donors (Lipinski definition) is 5. The molecule has 0 fully saturated rings. The first-order valence-electron chi connectivity index (χ1n) is 34.7. The van der Waals surface area contributed by atoms with Gasteiger partial charge in [0.25, 0.3) is 0 Å². The maximum absolute atomic E-state index is 12.7. The van der Waals surface area contributed by atoms with Crippen molar-refractivity contribution in [2.24, 2.45) is 0 Å². The van der Waals surface area contributed by atoms with Crippen molar-refractivity contribution in [3.8, 4) is 0 Å². The summed E-state index contributed by atoms with van der Waals surface area (Å²) in [6, 6.07) is -1.01. The molecule has 0 heterocycles. The molecule has 4 unspecified atom stereocenters. The van der Waals surface area contributed by atoms with E-state index in [0.717, 1.165) is 38.5 Å². The SMILES string of the molecule is CCCCCCCCCCCCCCCCCCCCCCC/C=C/CC/C=C/CCCC(O)C(O)C(CO)NC(=O)C(O)CCCCCCCCCCCCCCCCCCCCCCCCCCCCCCCC. The summed E-state index contributed by atoms with van der Waals surface area (Å²) in [6.45, 7) is 4.10. The lowest BCUT2D eigenvalue weighted by Gasteiger charge is -2.27. The molecule has 0 aromatic heterocycles. The number of nitrogens with one attached hydrogen (secondary N) is 1. The van der Waals surface area contributed by atoms with Crippen LogP contribution >= 0.6 is 0 Å². The molecule has 452 valence electrons. The molecule has 76 heavy (non-hydrogen) atoms. The number of amides is 1. The van der Waals surface area contributed by atoms with E-state index in [1.807, 2.05) is 0 Å². The number of allylic oxidation sites excluding steroid dienone is 4. The van der Waals surface area contributed by atoms with Crippen LogP contribution in [0.1, 0.15) is 386 Å². The van der Waals surface area contributed by atoms with Gasteiger partial charge in [0.15, 0.2) is 0 Å². The van der Waals surface area contributed by atoms with Crippen molar-refractivity contribution in [2.75, 3.05) is 6.61 Å². The van der Waals surface area contributed by atoms with Crippen LogP contribution in [0.3, 0.4) is 0 Å². The van der Waals surface area contributed by atoms with Crippen molar-refractivity contribution in [3.63, 3.8) is 0 Å². The van der Waals surface area contributed by atoms with Gasteiger partial charge in [0.2, 0.25) is 5.91 Å². The summed E-state index contributed by atoms with van der Waals surface area (Å²) in [5.74, 6) is -0.589. The van der Waals surface area contributed by atoms with E-state index in [0.29, 0.717) is 19.3 Å². The zero-order valence-electron chi connectivity index (χ0n) is 51.5. The Labute approximate surface area is 475 Å². The van der Waals surface area contributed by atoms with Crippen LogP contribution in [-0.2, 0) is 4.79 Å². The number of aliphatic hydroxyl groups excluding tert-OH is 4. The normalized spacial score (nSPS) is 13.6. The van der Waals surface area contributed by atoms with E-state index in [9.17, 15) is 25.2 Å². The summed E-state index contributed by atoms with van der Waals surface area (Å²) in [5.41, 5.74) is 0. The molecule has 0 saturated heterocycles. The monoisotopic (exact) mass is 1070 g/mol. The zero-order chi connectivity index (χ0) is 55.1. The van der Waals surface area contributed by atoms with Crippen LogP contribution in [-0.4, -0.2) is 57.3 Å². The van der Waals surface area contributed by atoms with Crippen molar-refractivity contribution in [3.05, 3.63) is 24.3 Å². The fraction of sp³-hybridized carbons (Fsp3) is 0.929. The first kappa shape index (κ1) is 74.8. The third-order valence-electron chi connectivity index (χ3n) is 16.6. The molecule has 6 heteroatoms. The van der Waals surface area contributed by atoms with Gasteiger partial charge >= 0.3 is 0 Å². The fourth-order valence-corrected chi connectivity index (χ4v) is 11.3. The zero-order valence-corrected chi connectivity index (χ0v) is 51.5. The second kappa shape index (κ2) is 64.6. The molecule has 0 radical (unpaired) electrons. The maximum atomic E-state index is 12.7. The van der Waals surface area contributed by atoms with Crippen molar-refractivity contribution in [1.82, 2.24) is 5.32 Å². The van der Waals surface area contributed by atoms with Crippen molar-refractivity contribution >= 4 is 5.91 Å². The average molecular weight is 1070 g/mol. The number of carbonyl (C=O) groups is 1. The van der Waals surface area contributed by atoms with Gasteiger partial charge in [-0.2, -0.15) is 0 Å². The van der Waals surface area contributed by atoms with Crippen LogP contribution in [0.5, 0.6) is 0 Å². The molecule has 0 saturated carbocycles. The molecular formula is C70H137NO5. The van der Waals surface area contributed by atoms with E-state index in [1.165, 1.54) is 315 Å². The van der Waals surface area contributed by atoms with Gasteiger partial charge in [-0.05, 0) is 51.4 Å². The van der Waals surface area contributed by atoms with E-state index in [-0.39, 0.29) is 0 Å². The minimum atomic E-state index is -1.29. The van der Waals surface area contributed by atoms with Gasteiger partial charge in [-0.25, -0.2) is 0 Å². The molecular weight excluding hydrogens is 935 g/mol. The lowest BCUT2D eigenvalue weighted by Crippen LogP contribution is -2.53. The number of carbonyl (C=O) groups excluding carboxylic acids is 1. The van der Waals surface area contributed by atoms with E-state index in [1.54, 1.807) is 0 Å². The van der Waals surface area contributed by atoms with E-state index in [2.05, 4.69) is 43.5 Å². The predicted octanol–water partition coefficient (Wildman–Crippen LogP) is 21.3. The Bertz CT molecular complexity index is 1160. The number of aliphatic hydroxyl groups is 4. The van der Waals surface area contributed by atoms with Gasteiger partial charge in [-0.15, -0.1) is 0 Å². The molecule has 0 aromatic carbocycles. The Morgan fingerprint density at radius 2 is 0.553 bits per heavy atom. The third kappa shape index (κ3) is 57.5. The maximum Gasteiger partial charge on any atom is 0.249 e. The molecule has 0 aliphatic rings. The van der Waals surface area contributed by atoms with Crippen molar-refractivity contribution in [1.29, 1.82) is 0 Å². The quantitative estimate of drug-likeness (QED) is 0.0308. The smallest absolute Gasteiger partial charge is 0.249 e. The van der Waals surface area contributed by atoms with Gasteiger partial charge in [0.1, 0.15) is 12.2 Å². The summed E-state index contributed by atoms with van der Waals surface area (Å²) >= 11 is 0. The van der Waals surface area contributed by atoms with E-state index < -0.39 is 36.9 Å². The summed E-state index contributed by atoms with van der Waals surface area (Å²) in [4.78, 5) is 12.7. The lowest BCUT2D eigenvalue weighted by atomic mass is 10.00. The molecule has 0 bridgehead atoms. The highest BCUT2D eigenvalue weighted by Crippen LogP contribution is 2.19. The van der Waals surface area contributed by atoms with Crippen LogP contribution in [0.25, 0.3) is 0 Å². The third-order valence-corrected chi connectivity index (χ3v) is 16.6. The van der Waals surface area contributed by atoms with Crippen LogP contribution < -0.4 is 5.32 Å². The lowest BCUT2D eigenvalue weighted by molar-refractivity contribution is -0.132. The largest absolute Gasteiger partial charge is 0.394 e. The van der Waals surface area contributed by atoms with Gasteiger partial charge in [0, 0.05) is 0 Å². The molecule has 4 atom stereocenters. The van der Waals surface area contributed by atoms with Crippen molar-refractivity contribution < 1.29 is 25.2 Å². The van der Waals surface area contributed by atoms with Gasteiger partial charge in [-0.1, -0.05) is 359 Å². The van der Waals surface area contributed by atoms with Gasteiger partial charge < -0.3 is 25.7 Å². The second-order valence-corrected chi connectivity index (χ2v) is 24.2. The van der Waals surface area contributed by atoms with Crippen LogP contribution in [0.4, 0.5) is 0 Å². The fourth-order valence-electron chi connectivity index (χ4n) is 11.3. The standard InChI is InChI=1S/C70H137NO5/c1-3-5-7-9-11-13-15-17-19-21-23-25-27-29-31-33-35-37-39-41-43-45-47-49-51-53-55-57-59-61-63-67(73)69(75)66(65-72)71-70(76)68(74)64-62-60-58-56-54-52-50-48-46-44-42-40-38-36-34-32-30-28-26-24-22-20-18-16-14-12-10-8-6-4-2/h47,49,55,57,66-69,72-75H,3-46,48,50-54,56,58-65H2,1-2H3,(H,71,76)/b49-47+,57-55+. The molecule has 5 N–H and O–H groups in total. The van der Waals surface area contributed by atoms with Crippen LogP contribution in [0.15, 0.2) is 24.3 Å². The molecule has 1 amide bonds. The number of rotatable bonds is 65. The highest BCUT2D eigenvalue weighted by molar-refractivity contribution is 5.80. The highest BCUT2D eigenvalue weighted by atomic mass is 16.3. The Morgan fingerprint density at radius 1 is 0.316 bits per heavy atom. The molecule has 0 spiro atoms. The summed E-state index contributed by atoms with van der Waals surface area (Å²) in [6.07, 6.45) is 81.7. The summed E-state index contributed by atoms with van der Waals surface area (Å²) in [5, 5.41) is 44.2. The summed E-state index contributed by atoms with van der Waals surface area (Å²) < 4.78 is 0. The van der Waals surface area contributed by atoms with E-state index >= 15 is 0 Å². The molecule has 0 aliphatic carbocycles. The molecule has 6 nitrogen and oxygen atoms in total. The van der Waals surface area contributed by atoms with Crippen LogP contribution in [0, 0.1) is 0 Å².